The quantitative estimate of drug-likeness (QED) is 0.882. The Hall–Kier alpha value is -1.95. The third kappa shape index (κ3) is 2.90. The predicted molar refractivity (Wildman–Crippen MR) is 101 cm³/mol. The second-order valence-corrected chi connectivity index (χ2v) is 7.49. The van der Waals surface area contributed by atoms with E-state index in [1.807, 2.05) is 47.4 Å². The van der Waals surface area contributed by atoms with Crippen molar-refractivity contribution in [3.8, 4) is 0 Å². The number of nitrogens with two attached hydrogens (primary N) is 1. The van der Waals surface area contributed by atoms with Crippen LogP contribution in [0.1, 0.15) is 29.6 Å². The second-order valence-electron chi connectivity index (χ2n) is 7.49. The van der Waals surface area contributed by atoms with Crippen LogP contribution in [-0.2, 0) is 4.74 Å². The fourth-order valence-electron chi connectivity index (χ4n) is 4.46. The minimum absolute atomic E-state index is 0.0684. The van der Waals surface area contributed by atoms with Gasteiger partial charge < -0.3 is 20.5 Å². The van der Waals surface area contributed by atoms with Crippen molar-refractivity contribution in [2.75, 3.05) is 26.2 Å². The van der Waals surface area contributed by atoms with Gasteiger partial charge in [0.05, 0.1) is 18.8 Å². The molecule has 138 valence electrons. The van der Waals surface area contributed by atoms with Crippen LogP contribution in [0.5, 0.6) is 0 Å². The van der Waals surface area contributed by atoms with E-state index in [4.69, 9.17) is 10.5 Å². The van der Waals surface area contributed by atoms with Crippen LogP contribution < -0.4 is 5.73 Å². The molecule has 2 aromatic carbocycles. The summed E-state index contributed by atoms with van der Waals surface area (Å²) in [6, 6.07) is 13.9. The average molecular weight is 354 g/mol. The summed E-state index contributed by atoms with van der Waals surface area (Å²) in [5.74, 6) is 0.0684. The summed E-state index contributed by atoms with van der Waals surface area (Å²) in [4.78, 5) is 14.8. The van der Waals surface area contributed by atoms with Crippen LogP contribution in [0.2, 0.25) is 0 Å². The first kappa shape index (κ1) is 17.5. The molecule has 2 atom stereocenters. The van der Waals surface area contributed by atoms with Gasteiger partial charge in [0.2, 0.25) is 0 Å². The zero-order valence-corrected chi connectivity index (χ0v) is 14.9. The van der Waals surface area contributed by atoms with Crippen LogP contribution in [0.3, 0.4) is 0 Å². The number of rotatable bonds is 4. The van der Waals surface area contributed by atoms with Gasteiger partial charge in [-0.15, -0.1) is 0 Å². The molecule has 0 unspecified atom stereocenters. The van der Waals surface area contributed by atoms with E-state index in [-0.39, 0.29) is 23.5 Å². The fraction of sp³-hybridized carbons (Fsp3) is 0.476. The lowest BCUT2D eigenvalue weighted by Crippen LogP contribution is -2.62. The summed E-state index contributed by atoms with van der Waals surface area (Å²) >= 11 is 0. The van der Waals surface area contributed by atoms with Crippen molar-refractivity contribution >= 4 is 16.7 Å². The molecule has 0 bridgehead atoms. The highest BCUT2D eigenvalue weighted by Crippen LogP contribution is 2.51. The van der Waals surface area contributed by atoms with Crippen molar-refractivity contribution in [1.29, 1.82) is 0 Å². The number of carbonyl (C=O) groups excluding carboxylic acids is 1. The molecule has 5 nitrogen and oxygen atoms in total. The lowest BCUT2D eigenvalue weighted by atomic mass is 9.58. The zero-order chi connectivity index (χ0) is 18.1. The summed E-state index contributed by atoms with van der Waals surface area (Å²) in [7, 11) is 0. The molecular weight excluding hydrogens is 328 g/mol. The van der Waals surface area contributed by atoms with Gasteiger partial charge in [-0.3, -0.25) is 4.79 Å². The summed E-state index contributed by atoms with van der Waals surface area (Å²) in [6.45, 7) is 2.34. The minimum atomic E-state index is -0.330. The monoisotopic (exact) mass is 354 g/mol. The lowest BCUT2D eigenvalue weighted by molar-refractivity contribution is -0.207. The van der Waals surface area contributed by atoms with Gasteiger partial charge in [-0.1, -0.05) is 30.3 Å². The Kier molecular flexibility index (Phi) is 4.69. The van der Waals surface area contributed by atoms with Crippen LogP contribution >= 0.6 is 0 Å². The Morgan fingerprint density at radius 1 is 1.19 bits per heavy atom. The van der Waals surface area contributed by atoms with Crippen LogP contribution in [-0.4, -0.2) is 54.4 Å². The normalized spacial score (nSPS) is 24.6. The van der Waals surface area contributed by atoms with Gasteiger partial charge in [0.25, 0.3) is 5.91 Å². The maximum absolute atomic E-state index is 12.9. The molecule has 1 saturated heterocycles. The molecule has 2 fully saturated rings. The molecule has 1 aliphatic heterocycles. The summed E-state index contributed by atoms with van der Waals surface area (Å²) in [5, 5.41) is 12.6. The molecule has 1 heterocycles. The molecular formula is C21H26N2O3. The Labute approximate surface area is 153 Å². The topological polar surface area (TPSA) is 75.8 Å². The van der Waals surface area contributed by atoms with Gasteiger partial charge in [0.1, 0.15) is 0 Å². The SMILES string of the molecule is NCCO[C@@H]1C[C@H](O)C12CCN(C(=O)c1ccc3ccccc3c1)CC2. The van der Waals surface area contributed by atoms with Crippen LogP contribution in [0.25, 0.3) is 10.8 Å². The number of aliphatic hydroxyl groups is 1. The Morgan fingerprint density at radius 2 is 1.92 bits per heavy atom. The first-order valence-corrected chi connectivity index (χ1v) is 9.42. The lowest BCUT2D eigenvalue weighted by Gasteiger charge is -2.56. The first-order chi connectivity index (χ1) is 12.6. The highest BCUT2D eigenvalue weighted by molar-refractivity contribution is 5.98. The van der Waals surface area contributed by atoms with Crippen molar-refractivity contribution in [2.45, 2.75) is 31.5 Å². The van der Waals surface area contributed by atoms with Gasteiger partial charge in [0, 0.05) is 37.0 Å². The van der Waals surface area contributed by atoms with E-state index in [1.165, 1.54) is 0 Å². The van der Waals surface area contributed by atoms with E-state index in [0.29, 0.717) is 32.7 Å². The molecule has 1 aliphatic carbocycles. The largest absolute Gasteiger partial charge is 0.392 e. The molecule has 1 saturated carbocycles. The van der Waals surface area contributed by atoms with Crippen molar-refractivity contribution in [1.82, 2.24) is 4.90 Å². The van der Waals surface area contributed by atoms with E-state index in [0.717, 1.165) is 29.2 Å². The second kappa shape index (κ2) is 6.99. The van der Waals surface area contributed by atoms with Gasteiger partial charge in [-0.25, -0.2) is 0 Å². The number of benzene rings is 2. The molecule has 2 aromatic rings. The molecule has 0 radical (unpaired) electrons. The maximum atomic E-state index is 12.9. The molecule has 0 aromatic heterocycles. The van der Waals surface area contributed by atoms with E-state index in [9.17, 15) is 9.90 Å². The number of carbonyl (C=O) groups is 1. The van der Waals surface area contributed by atoms with Crippen LogP contribution in [0.4, 0.5) is 0 Å². The average Bonchev–Trinajstić information content (AvgIpc) is 2.70. The van der Waals surface area contributed by atoms with Crippen molar-refractivity contribution in [3.63, 3.8) is 0 Å². The van der Waals surface area contributed by atoms with E-state index in [2.05, 4.69) is 0 Å². The minimum Gasteiger partial charge on any atom is -0.392 e. The van der Waals surface area contributed by atoms with Crippen molar-refractivity contribution in [3.05, 3.63) is 48.0 Å². The summed E-state index contributed by atoms with van der Waals surface area (Å²) in [5.41, 5.74) is 6.06. The Morgan fingerprint density at radius 3 is 2.62 bits per heavy atom. The predicted octanol–water partition coefficient (Wildman–Crippen LogP) is 2.17. The van der Waals surface area contributed by atoms with E-state index < -0.39 is 0 Å². The standard InChI is InChI=1S/C21H26N2O3/c22-9-12-26-19-14-18(24)21(19)7-10-23(11-8-21)20(25)17-6-5-15-3-1-2-4-16(15)13-17/h1-6,13,18-19,24H,7-12,14,22H2/t18-,19+/m0/s1. The molecule has 1 amide bonds. The number of aliphatic hydroxyl groups excluding tert-OH is 1. The number of ether oxygens (including phenoxy) is 1. The molecule has 26 heavy (non-hydrogen) atoms. The molecule has 1 spiro atoms. The van der Waals surface area contributed by atoms with Gasteiger partial charge in [0.15, 0.2) is 0 Å². The van der Waals surface area contributed by atoms with Gasteiger partial charge in [-0.05, 0) is 35.7 Å². The van der Waals surface area contributed by atoms with E-state index >= 15 is 0 Å². The van der Waals surface area contributed by atoms with Crippen molar-refractivity contribution < 1.29 is 14.6 Å². The summed E-state index contributed by atoms with van der Waals surface area (Å²) in [6.07, 6.45) is 1.98. The molecule has 5 heteroatoms. The number of amides is 1. The fourth-order valence-corrected chi connectivity index (χ4v) is 4.46. The molecule has 3 N–H and O–H groups in total. The Balaban J connectivity index is 1.44. The Bertz CT molecular complexity index is 799. The highest BCUT2D eigenvalue weighted by Gasteiger charge is 2.56. The third-order valence-corrected chi connectivity index (χ3v) is 6.16. The van der Waals surface area contributed by atoms with Crippen LogP contribution in [0, 0.1) is 5.41 Å². The number of hydrogen-bond donors (Lipinski definition) is 2. The number of likely N-dealkylation sites (tertiary alicyclic amines) is 1. The van der Waals surface area contributed by atoms with Crippen LogP contribution in [0.15, 0.2) is 42.5 Å². The maximum Gasteiger partial charge on any atom is 0.253 e. The first-order valence-electron chi connectivity index (χ1n) is 9.42. The van der Waals surface area contributed by atoms with E-state index in [1.54, 1.807) is 0 Å². The zero-order valence-electron chi connectivity index (χ0n) is 14.9. The highest BCUT2D eigenvalue weighted by atomic mass is 16.5. The third-order valence-electron chi connectivity index (χ3n) is 6.16. The number of nitrogens with zero attached hydrogens (tertiary/aromatic N) is 1. The summed E-state index contributed by atoms with van der Waals surface area (Å²) < 4.78 is 5.83. The number of hydrogen-bond acceptors (Lipinski definition) is 4. The van der Waals surface area contributed by atoms with Gasteiger partial charge >= 0.3 is 0 Å². The molecule has 4 rings (SSSR count). The number of piperidine rings is 1. The molecule has 2 aliphatic rings. The van der Waals surface area contributed by atoms with Gasteiger partial charge in [-0.2, -0.15) is 0 Å². The number of fused-ring (bicyclic) bond motifs is 1. The van der Waals surface area contributed by atoms with Crippen molar-refractivity contribution in [2.24, 2.45) is 11.1 Å². The smallest absolute Gasteiger partial charge is 0.253 e.